The zero-order valence-corrected chi connectivity index (χ0v) is 11.9. The van der Waals surface area contributed by atoms with E-state index < -0.39 is 24.5 Å². The fraction of sp³-hybridized carbons (Fsp3) is 0.538. The first-order valence-corrected chi connectivity index (χ1v) is 6.94. The number of fused-ring (bicyclic) bond motifs is 1. The number of hydrogen-bond acceptors (Lipinski definition) is 9. The fourth-order valence-corrected chi connectivity index (χ4v) is 2.79. The van der Waals surface area contributed by atoms with Crippen LogP contribution in [0.3, 0.4) is 0 Å². The van der Waals surface area contributed by atoms with Crippen LogP contribution in [0.1, 0.15) is 0 Å². The summed E-state index contributed by atoms with van der Waals surface area (Å²) in [5.74, 6) is 0.625. The molecule has 1 saturated heterocycles. The first-order valence-electron chi connectivity index (χ1n) is 6.94. The van der Waals surface area contributed by atoms with Gasteiger partial charge >= 0.3 is 0 Å². The molecule has 22 heavy (non-hydrogen) atoms. The summed E-state index contributed by atoms with van der Waals surface area (Å²) in [5, 5.41) is 29.3. The molecular weight excluding hydrogens is 290 g/mol. The van der Waals surface area contributed by atoms with Gasteiger partial charge in [0.1, 0.15) is 24.0 Å². The van der Waals surface area contributed by atoms with Crippen LogP contribution < -0.4 is 15.5 Å². The summed E-state index contributed by atoms with van der Waals surface area (Å²) in [7, 11) is 0. The van der Waals surface area contributed by atoms with Gasteiger partial charge in [0.25, 0.3) is 0 Å². The summed E-state index contributed by atoms with van der Waals surface area (Å²) < 4.78 is 5.56. The third-order valence-corrected chi connectivity index (χ3v) is 3.88. The lowest BCUT2D eigenvalue weighted by Crippen LogP contribution is -2.46. The molecule has 0 amide bonds. The second-order valence-electron chi connectivity index (χ2n) is 5.29. The van der Waals surface area contributed by atoms with E-state index in [0.717, 1.165) is 5.69 Å². The molecule has 2 aliphatic heterocycles. The molecule has 3 heterocycles. The summed E-state index contributed by atoms with van der Waals surface area (Å²) >= 11 is 0. The Hall–Kier alpha value is -1.94. The Bertz CT molecular complexity index is 571. The first-order chi connectivity index (χ1) is 10.6. The standard InChI is InChI=1S/C13H19N5O4/c1-2-3-17-6-18(11-7(17)4-15-13(14)16-11)12-10(21)9(20)8(5-19)22-12/h2,4,8-10,12,19-21H,1,3,5-6H2,(H2,14,15,16)/t8-,9-,10-,12-/m1/s1. The van der Waals surface area contributed by atoms with Crippen molar-refractivity contribution in [2.24, 2.45) is 0 Å². The highest BCUT2D eigenvalue weighted by Crippen LogP contribution is 2.38. The number of aliphatic hydroxyl groups excluding tert-OH is 3. The van der Waals surface area contributed by atoms with Gasteiger partial charge in [-0.05, 0) is 0 Å². The summed E-state index contributed by atoms with van der Waals surface area (Å²) in [6.45, 7) is 4.27. The van der Waals surface area contributed by atoms with Crippen LogP contribution in [0.4, 0.5) is 17.5 Å². The van der Waals surface area contributed by atoms with Crippen molar-refractivity contribution in [1.82, 2.24) is 9.97 Å². The maximum Gasteiger partial charge on any atom is 0.222 e. The second-order valence-corrected chi connectivity index (χ2v) is 5.29. The summed E-state index contributed by atoms with van der Waals surface area (Å²) in [4.78, 5) is 11.8. The third kappa shape index (κ3) is 2.28. The van der Waals surface area contributed by atoms with Crippen molar-refractivity contribution in [2.45, 2.75) is 24.5 Å². The van der Waals surface area contributed by atoms with E-state index >= 15 is 0 Å². The minimum atomic E-state index is -1.16. The van der Waals surface area contributed by atoms with Gasteiger partial charge in [-0.2, -0.15) is 4.98 Å². The van der Waals surface area contributed by atoms with Crippen LogP contribution >= 0.6 is 0 Å². The number of rotatable bonds is 4. The van der Waals surface area contributed by atoms with E-state index in [1.807, 2.05) is 4.90 Å². The van der Waals surface area contributed by atoms with E-state index in [4.69, 9.17) is 10.5 Å². The highest BCUT2D eigenvalue weighted by atomic mass is 16.6. The van der Waals surface area contributed by atoms with Gasteiger partial charge in [0, 0.05) is 6.54 Å². The number of nitrogens with two attached hydrogens (primary N) is 1. The van der Waals surface area contributed by atoms with Crippen LogP contribution in [0.25, 0.3) is 0 Å². The van der Waals surface area contributed by atoms with Gasteiger partial charge in [-0.1, -0.05) is 6.08 Å². The van der Waals surface area contributed by atoms with Crippen LogP contribution in [0.2, 0.25) is 0 Å². The van der Waals surface area contributed by atoms with Crippen molar-refractivity contribution in [3.05, 3.63) is 18.9 Å². The molecule has 5 N–H and O–H groups in total. The molecule has 120 valence electrons. The van der Waals surface area contributed by atoms with Crippen LogP contribution in [-0.2, 0) is 4.74 Å². The first kappa shape index (κ1) is 15.0. The van der Waals surface area contributed by atoms with Gasteiger partial charge in [0.15, 0.2) is 12.0 Å². The van der Waals surface area contributed by atoms with Gasteiger partial charge in [0.2, 0.25) is 5.95 Å². The van der Waals surface area contributed by atoms with Crippen LogP contribution in [0.15, 0.2) is 18.9 Å². The Kier molecular flexibility index (Phi) is 3.87. The Morgan fingerprint density at radius 3 is 2.86 bits per heavy atom. The Labute approximate surface area is 127 Å². The normalized spacial score (nSPS) is 30.7. The average molecular weight is 309 g/mol. The fourth-order valence-electron chi connectivity index (χ4n) is 2.79. The summed E-state index contributed by atoms with van der Waals surface area (Å²) in [5.41, 5.74) is 6.39. The molecule has 1 fully saturated rings. The number of nitrogen functional groups attached to an aromatic ring is 1. The molecule has 0 bridgehead atoms. The number of hydrogen-bond donors (Lipinski definition) is 4. The zero-order chi connectivity index (χ0) is 15.9. The quantitative estimate of drug-likeness (QED) is 0.479. The lowest BCUT2D eigenvalue weighted by Gasteiger charge is -2.28. The molecule has 9 nitrogen and oxygen atoms in total. The van der Waals surface area contributed by atoms with Crippen LogP contribution in [-0.4, -0.2) is 69.6 Å². The molecular formula is C13H19N5O4. The lowest BCUT2D eigenvalue weighted by molar-refractivity contribution is -0.0222. The van der Waals surface area contributed by atoms with Crippen molar-refractivity contribution in [1.29, 1.82) is 0 Å². The van der Waals surface area contributed by atoms with E-state index in [1.54, 1.807) is 17.2 Å². The third-order valence-electron chi connectivity index (χ3n) is 3.88. The molecule has 2 aliphatic rings. The van der Waals surface area contributed by atoms with E-state index in [1.165, 1.54) is 0 Å². The topological polar surface area (TPSA) is 128 Å². The Balaban J connectivity index is 1.92. The van der Waals surface area contributed by atoms with Crippen molar-refractivity contribution in [3.63, 3.8) is 0 Å². The number of anilines is 3. The molecule has 3 rings (SSSR count). The number of ether oxygens (including phenoxy) is 1. The Morgan fingerprint density at radius 1 is 1.45 bits per heavy atom. The van der Waals surface area contributed by atoms with Crippen LogP contribution in [0, 0.1) is 0 Å². The summed E-state index contributed by atoms with van der Waals surface area (Å²) in [6.07, 6.45) is -0.647. The van der Waals surface area contributed by atoms with Crippen molar-refractivity contribution >= 4 is 17.5 Å². The average Bonchev–Trinajstić information content (AvgIpc) is 2.99. The van der Waals surface area contributed by atoms with Gasteiger partial charge in [0.05, 0.1) is 19.5 Å². The molecule has 0 aliphatic carbocycles. The highest BCUT2D eigenvalue weighted by molar-refractivity contribution is 5.73. The van der Waals surface area contributed by atoms with E-state index in [9.17, 15) is 15.3 Å². The van der Waals surface area contributed by atoms with E-state index in [-0.39, 0.29) is 12.6 Å². The predicted octanol–water partition coefficient (Wildman–Crippen LogP) is -1.73. The molecule has 1 aromatic heterocycles. The molecule has 0 saturated carbocycles. The summed E-state index contributed by atoms with van der Waals surface area (Å²) in [6, 6.07) is 0. The van der Waals surface area contributed by atoms with Crippen molar-refractivity contribution < 1.29 is 20.1 Å². The maximum absolute atomic E-state index is 10.2. The molecule has 0 unspecified atom stereocenters. The van der Waals surface area contributed by atoms with Crippen LogP contribution in [0.5, 0.6) is 0 Å². The molecule has 0 spiro atoms. The molecule has 0 radical (unpaired) electrons. The van der Waals surface area contributed by atoms with Crippen molar-refractivity contribution in [2.75, 3.05) is 35.4 Å². The monoisotopic (exact) mass is 309 g/mol. The minimum Gasteiger partial charge on any atom is -0.394 e. The number of nitrogens with zero attached hydrogens (tertiary/aromatic N) is 4. The Morgan fingerprint density at radius 2 is 2.23 bits per heavy atom. The number of aliphatic hydroxyl groups is 3. The van der Waals surface area contributed by atoms with Gasteiger partial charge in [-0.3, -0.25) is 0 Å². The second kappa shape index (κ2) is 5.69. The maximum atomic E-state index is 10.2. The largest absolute Gasteiger partial charge is 0.394 e. The smallest absolute Gasteiger partial charge is 0.222 e. The van der Waals surface area contributed by atoms with Crippen molar-refractivity contribution in [3.8, 4) is 0 Å². The SMILES string of the molecule is C=CCN1CN([C@@H]2O[C@H](CO)[C@@H](O)[C@H]2O)c2nc(N)ncc21. The molecule has 1 aromatic rings. The van der Waals surface area contributed by atoms with E-state index in [2.05, 4.69) is 16.5 Å². The molecule has 0 aromatic carbocycles. The zero-order valence-electron chi connectivity index (χ0n) is 11.9. The molecule has 4 atom stereocenters. The van der Waals surface area contributed by atoms with Gasteiger partial charge in [-0.15, -0.1) is 6.58 Å². The van der Waals surface area contributed by atoms with Gasteiger partial charge < -0.3 is 35.6 Å². The van der Waals surface area contributed by atoms with E-state index in [0.29, 0.717) is 19.0 Å². The van der Waals surface area contributed by atoms with Gasteiger partial charge in [-0.25, -0.2) is 4.98 Å². The number of aromatic nitrogens is 2. The predicted molar refractivity (Wildman–Crippen MR) is 79.1 cm³/mol. The lowest BCUT2D eigenvalue weighted by atomic mass is 10.1. The highest BCUT2D eigenvalue weighted by Gasteiger charge is 2.48. The minimum absolute atomic E-state index is 0.107. The molecule has 9 heteroatoms.